The van der Waals surface area contributed by atoms with E-state index in [4.69, 9.17) is 18.3 Å². The van der Waals surface area contributed by atoms with Crippen molar-refractivity contribution in [3.8, 4) is 0 Å². The quantitative estimate of drug-likeness (QED) is 0.0197. The number of hydrogen-bond donors (Lipinski definition) is 2. The Morgan fingerprint density at radius 1 is 0.372 bits per heavy atom. The van der Waals surface area contributed by atoms with E-state index in [-0.39, 0.29) is 46.4 Å². The lowest BCUT2D eigenvalue weighted by molar-refractivity contribution is -0.150. The normalized spacial score (nSPS) is 14.9. The van der Waals surface area contributed by atoms with Gasteiger partial charge in [0.25, 0.3) is 0 Å². The Bertz CT molecular complexity index is 2060. The minimum atomic E-state index is -2.05. The molecule has 4 unspecified atom stereocenters. The molecule has 1 saturated heterocycles. The van der Waals surface area contributed by atoms with Gasteiger partial charge in [-0.05, 0) is 171 Å². The average Bonchev–Trinajstić information content (AvgIpc) is 0.829. The third-order valence-corrected chi connectivity index (χ3v) is 36.8. The monoisotopic (exact) mass is 1670 g/mol. The zero-order valence-electron chi connectivity index (χ0n) is 78.2. The molecular formula is C97H196N4O8S2Si2. The van der Waals surface area contributed by atoms with Crippen molar-refractivity contribution in [2.75, 3.05) is 96.6 Å². The van der Waals surface area contributed by atoms with Crippen molar-refractivity contribution < 1.29 is 38.1 Å². The molecule has 2 N–H and O–H groups in total. The number of nitrogens with zero attached hydrogens (tertiary/aromatic N) is 4. The van der Waals surface area contributed by atoms with Crippen LogP contribution >= 0.6 is 21.6 Å². The summed E-state index contributed by atoms with van der Waals surface area (Å²) in [5.74, 6) is 2.19. The van der Waals surface area contributed by atoms with Gasteiger partial charge < -0.3 is 33.4 Å². The summed E-state index contributed by atoms with van der Waals surface area (Å²) in [6.45, 7) is 46.8. The molecule has 1 heterocycles. The molecule has 113 heavy (non-hydrogen) atoms. The van der Waals surface area contributed by atoms with Crippen LogP contribution in [0.2, 0.25) is 36.3 Å². The summed E-state index contributed by atoms with van der Waals surface area (Å²) >= 11 is 0. The van der Waals surface area contributed by atoms with E-state index in [0.29, 0.717) is 32.5 Å². The summed E-state index contributed by atoms with van der Waals surface area (Å²) in [6.07, 6.45) is 70.4. The largest absolute Gasteiger partial charge is 0.464 e. The molecular weight excluding hydrogens is 1470 g/mol. The van der Waals surface area contributed by atoms with Crippen LogP contribution in [0.15, 0.2) is 12.2 Å². The Morgan fingerprint density at radius 3 is 1.09 bits per heavy atom. The molecule has 0 aliphatic carbocycles. The Labute approximate surface area is 714 Å². The topological polar surface area (TPSA) is 124 Å². The van der Waals surface area contributed by atoms with E-state index >= 15 is 0 Å². The Morgan fingerprint density at radius 2 is 0.690 bits per heavy atom. The van der Waals surface area contributed by atoms with Crippen LogP contribution in [-0.4, -0.2) is 186 Å². The number of unbranched alkanes of at least 4 members (excludes halogenated alkanes) is 38. The standard InChI is InChI=1S/C97H196N4O8S2Si2/c1-16-21-26-31-36-39-40-41-42-43-44-45-48-54-66-89(102)85-100(86-90(103)67-55-53-60-72-95(105)107-91(68-56-49-34-29-24-19-4)69-57-50-35-30-25-20-5)75-62-64-84-111-110-83-63-61-74-98-77-79-99(80-78-98)81-82-106-94(104)73-65-76-101(87-92(108-112(12,13)96(6,7)8)70-58-51-46-37-32-27-22-17-2)88-93(109-113(14,15)97(9,10)11)71-59-52-47-38-33-28-23-18-3/h41-42,89-93,102-103H,16-40,43-88H2,1-15H3/b42-41-. The van der Waals surface area contributed by atoms with Crippen molar-refractivity contribution in [2.24, 2.45) is 0 Å². The van der Waals surface area contributed by atoms with Gasteiger partial charge in [-0.2, -0.15) is 0 Å². The highest BCUT2D eigenvalue weighted by Crippen LogP contribution is 2.40. The highest BCUT2D eigenvalue weighted by atomic mass is 33.1. The smallest absolute Gasteiger partial charge is 0.306 e. The van der Waals surface area contributed by atoms with Gasteiger partial charge in [0.1, 0.15) is 12.7 Å². The molecule has 672 valence electrons. The maximum Gasteiger partial charge on any atom is 0.306 e. The number of hydrogen-bond acceptors (Lipinski definition) is 14. The van der Waals surface area contributed by atoms with Crippen molar-refractivity contribution in [3.63, 3.8) is 0 Å². The number of carbonyl (C=O) groups is 2. The maximum absolute atomic E-state index is 13.6. The molecule has 0 radical (unpaired) electrons. The lowest BCUT2D eigenvalue weighted by Gasteiger charge is -2.42. The zero-order chi connectivity index (χ0) is 83.2. The summed E-state index contributed by atoms with van der Waals surface area (Å²) in [6, 6.07) is 0. The molecule has 16 heteroatoms. The molecule has 4 atom stereocenters. The van der Waals surface area contributed by atoms with Gasteiger partial charge in [-0.15, -0.1) is 0 Å². The molecule has 0 spiro atoms. The van der Waals surface area contributed by atoms with E-state index in [1.807, 2.05) is 21.6 Å². The molecule has 1 rings (SSSR count). The Kier molecular flexibility index (Phi) is 72.5. The van der Waals surface area contributed by atoms with Gasteiger partial charge in [0.2, 0.25) is 0 Å². The van der Waals surface area contributed by atoms with Crippen molar-refractivity contribution in [2.45, 2.75) is 503 Å². The molecule has 1 fully saturated rings. The van der Waals surface area contributed by atoms with E-state index < -0.39 is 22.7 Å². The van der Waals surface area contributed by atoms with E-state index in [9.17, 15) is 19.8 Å². The van der Waals surface area contributed by atoms with Crippen molar-refractivity contribution in [1.29, 1.82) is 0 Å². The second kappa shape index (κ2) is 74.1. The van der Waals surface area contributed by atoms with Crippen LogP contribution in [0, 0.1) is 0 Å². The van der Waals surface area contributed by atoms with Crippen molar-refractivity contribution >= 4 is 50.2 Å². The molecule has 0 aromatic rings. The van der Waals surface area contributed by atoms with Gasteiger partial charge >= 0.3 is 11.9 Å². The maximum atomic E-state index is 13.6. The van der Waals surface area contributed by atoms with E-state index in [1.165, 1.54) is 250 Å². The van der Waals surface area contributed by atoms with Gasteiger partial charge in [0, 0.05) is 83.3 Å². The van der Waals surface area contributed by atoms with E-state index in [0.717, 1.165) is 174 Å². The molecule has 0 amide bonds. The summed E-state index contributed by atoms with van der Waals surface area (Å²) in [5, 5.41) is 23.0. The summed E-state index contributed by atoms with van der Waals surface area (Å²) in [5.41, 5.74) is 0. The number of aliphatic hydroxyl groups excluding tert-OH is 2. The summed E-state index contributed by atoms with van der Waals surface area (Å²) in [7, 11) is -0.0659. The van der Waals surface area contributed by atoms with Crippen LogP contribution < -0.4 is 0 Å². The minimum absolute atomic E-state index is 0.0356. The zero-order valence-corrected chi connectivity index (χ0v) is 81.8. The molecule has 0 aromatic carbocycles. The first kappa shape index (κ1) is 111. The second-order valence-electron chi connectivity index (χ2n) is 38.3. The van der Waals surface area contributed by atoms with Crippen LogP contribution in [0.1, 0.15) is 436 Å². The third kappa shape index (κ3) is 65.8. The van der Waals surface area contributed by atoms with Crippen LogP contribution in [0.3, 0.4) is 0 Å². The number of esters is 2. The van der Waals surface area contributed by atoms with Crippen molar-refractivity contribution in [1.82, 2.24) is 19.6 Å². The fraction of sp³-hybridized carbons (Fsp3) is 0.959. The molecule has 1 aliphatic heterocycles. The van der Waals surface area contributed by atoms with E-state index in [2.05, 4.69) is 134 Å². The second-order valence-corrected chi connectivity index (χ2v) is 50.5. The SMILES string of the molecule is CCCCCCCC/C=C\CCCCCCC(O)CN(CCCCSSCCCCN1CCN(CCOC(=O)CCCN(CC(CCCCCCCCCC)O[Si](C)(C)C(C)(C)C)CC(CCCCCCCCCC)O[Si](C)(C)C(C)(C)C)CC1)CC(O)CCCCCC(=O)OC(CCCCCCCC)CCCCCCCC. The van der Waals surface area contributed by atoms with Crippen LogP contribution in [0.5, 0.6) is 0 Å². The number of carbonyl (C=O) groups excluding carboxylic acids is 2. The number of aliphatic hydroxyl groups is 2. The van der Waals surface area contributed by atoms with Gasteiger partial charge in [0.05, 0.1) is 24.4 Å². The minimum Gasteiger partial charge on any atom is -0.464 e. The first-order valence-electron chi connectivity index (χ1n) is 49.3. The van der Waals surface area contributed by atoms with Crippen LogP contribution in [0.4, 0.5) is 0 Å². The Balaban J connectivity index is 2.75. The number of piperazine rings is 1. The first-order chi connectivity index (χ1) is 54.4. The van der Waals surface area contributed by atoms with Gasteiger partial charge in [0.15, 0.2) is 16.6 Å². The predicted molar refractivity (Wildman–Crippen MR) is 504 cm³/mol. The highest BCUT2D eigenvalue weighted by Gasteiger charge is 2.41. The van der Waals surface area contributed by atoms with Crippen molar-refractivity contribution in [3.05, 3.63) is 12.2 Å². The fourth-order valence-corrected chi connectivity index (χ4v) is 20.6. The first-order valence-corrected chi connectivity index (χ1v) is 57.6. The molecule has 0 saturated carbocycles. The van der Waals surface area contributed by atoms with Gasteiger partial charge in [-0.25, -0.2) is 0 Å². The Hall–Kier alpha value is -0.506. The lowest BCUT2D eigenvalue weighted by atomic mass is 10.0. The average molecular weight is 1670 g/mol. The summed E-state index contributed by atoms with van der Waals surface area (Å²) in [4.78, 5) is 36.8. The molecule has 12 nitrogen and oxygen atoms in total. The molecule has 0 aromatic heterocycles. The van der Waals surface area contributed by atoms with E-state index in [1.54, 1.807) is 0 Å². The van der Waals surface area contributed by atoms with Crippen LogP contribution in [-0.2, 0) is 27.9 Å². The van der Waals surface area contributed by atoms with Crippen LogP contribution in [0.25, 0.3) is 0 Å². The number of rotatable bonds is 83. The number of ether oxygens (including phenoxy) is 2. The van der Waals surface area contributed by atoms with Gasteiger partial charge in [-0.1, -0.05) is 341 Å². The predicted octanol–water partition coefficient (Wildman–Crippen LogP) is 28.0. The fourth-order valence-electron chi connectivity index (χ4n) is 15.5. The van der Waals surface area contributed by atoms with Gasteiger partial charge in [-0.3, -0.25) is 24.3 Å². The summed E-state index contributed by atoms with van der Waals surface area (Å²) < 4.78 is 27.0. The lowest BCUT2D eigenvalue weighted by Crippen LogP contribution is -2.50. The molecule has 0 bridgehead atoms. The molecule has 1 aliphatic rings. The highest BCUT2D eigenvalue weighted by molar-refractivity contribution is 8.76. The number of allylic oxidation sites excluding steroid dienone is 2. The third-order valence-electron chi connectivity index (χ3n) is 25.2.